The van der Waals surface area contributed by atoms with Gasteiger partial charge in [0.05, 0.1) is 10.6 Å². The Labute approximate surface area is 112 Å². The van der Waals surface area contributed by atoms with Gasteiger partial charge in [-0.3, -0.25) is 0 Å². The number of alkyl halides is 3. The lowest BCUT2D eigenvalue weighted by Gasteiger charge is -2.09. The van der Waals surface area contributed by atoms with E-state index >= 15 is 0 Å². The van der Waals surface area contributed by atoms with E-state index in [0.717, 1.165) is 12.1 Å². The van der Waals surface area contributed by atoms with Gasteiger partial charge < -0.3 is 0 Å². The van der Waals surface area contributed by atoms with Crippen LogP contribution in [-0.2, 0) is 6.18 Å². The number of hydrogen-bond acceptors (Lipinski definition) is 0. The Kier molecular flexibility index (Phi) is 3.55. The lowest BCUT2D eigenvalue weighted by Crippen LogP contribution is -2.04. The topological polar surface area (TPSA) is 0 Å². The molecule has 0 fully saturated rings. The van der Waals surface area contributed by atoms with Crippen LogP contribution < -0.4 is 0 Å². The van der Waals surface area contributed by atoms with Crippen LogP contribution in [0, 0.1) is 6.07 Å². The van der Waals surface area contributed by atoms with Crippen LogP contribution in [0.3, 0.4) is 0 Å². The lowest BCUT2D eigenvalue weighted by molar-refractivity contribution is -0.137. The molecule has 0 unspecified atom stereocenters. The first-order valence-corrected chi connectivity index (χ1v) is 5.68. The molecule has 0 nitrogen and oxygen atoms in total. The smallest absolute Gasteiger partial charge is 0.166 e. The van der Waals surface area contributed by atoms with Crippen molar-refractivity contribution in [2.45, 2.75) is 6.18 Å². The van der Waals surface area contributed by atoms with E-state index in [9.17, 15) is 13.2 Å². The Morgan fingerprint density at radius 2 is 1.56 bits per heavy atom. The van der Waals surface area contributed by atoms with E-state index < -0.39 is 11.7 Å². The van der Waals surface area contributed by atoms with E-state index in [1.807, 2.05) is 0 Å². The molecule has 0 aliphatic carbocycles. The quantitative estimate of drug-likeness (QED) is 0.652. The summed E-state index contributed by atoms with van der Waals surface area (Å²) in [5, 5.41) is 0.653. The predicted molar refractivity (Wildman–Crippen MR) is 65.7 cm³/mol. The van der Waals surface area contributed by atoms with Crippen molar-refractivity contribution >= 4 is 23.2 Å². The third-order valence-electron chi connectivity index (χ3n) is 2.40. The zero-order valence-electron chi connectivity index (χ0n) is 8.85. The van der Waals surface area contributed by atoms with E-state index in [1.54, 1.807) is 12.1 Å². The van der Waals surface area contributed by atoms with Gasteiger partial charge in [-0.15, -0.1) is 0 Å². The summed E-state index contributed by atoms with van der Waals surface area (Å²) in [4.78, 5) is 0. The van der Waals surface area contributed by atoms with Crippen LogP contribution >= 0.6 is 23.2 Å². The summed E-state index contributed by atoms with van der Waals surface area (Å²) in [5.41, 5.74) is 0.294. The molecule has 0 aromatic heterocycles. The van der Waals surface area contributed by atoms with Gasteiger partial charge in [0.15, 0.2) is 0 Å². The Balaban J connectivity index is 2.47. The van der Waals surface area contributed by atoms with Crippen molar-refractivity contribution in [2.75, 3.05) is 0 Å². The fourth-order valence-corrected chi connectivity index (χ4v) is 2.13. The lowest BCUT2D eigenvalue weighted by atomic mass is 10.0. The third-order valence-corrected chi connectivity index (χ3v) is 3.01. The van der Waals surface area contributed by atoms with Crippen molar-refractivity contribution < 1.29 is 13.2 Å². The molecule has 2 aromatic carbocycles. The molecule has 0 N–H and O–H groups in total. The third kappa shape index (κ3) is 2.62. The van der Waals surface area contributed by atoms with Crippen molar-refractivity contribution in [3.8, 4) is 11.1 Å². The average molecular weight is 290 g/mol. The minimum atomic E-state index is -4.35. The second kappa shape index (κ2) is 4.82. The largest absolute Gasteiger partial charge is 0.416 e. The molecule has 0 bridgehead atoms. The number of halogens is 5. The minimum absolute atomic E-state index is 0.280. The number of hydrogen-bond donors (Lipinski definition) is 0. The maximum atomic E-state index is 12.4. The zero-order valence-corrected chi connectivity index (χ0v) is 10.4. The molecule has 0 aliphatic heterocycles. The summed E-state index contributed by atoms with van der Waals surface area (Å²) < 4.78 is 37.3. The Morgan fingerprint density at radius 1 is 0.944 bits per heavy atom. The first-order chi connectivity index (χ1) is 8.39. The Bertz CT molecular complexity index is 539. The SMILES string of the molecule is FC(F)(F)c1ccc(-c2c(Cl)[c]ccc2Cl)cc1. The molecule has 0 spiro atoms. The maximum Gasteiger partial charge on any atom is 0.416 e. The van der Waals surface area contributed by atoms with Gasteiger partial charge in [-0.2, -0.15) is 13.2 Å². The Hall–Kier alpha value is -1.19. The van der Waals surface area contributed by atoms with Gasteiger partial charge >= 0.3 is 6.18 Å². The highest BCUT2D eigenvalue weighted by Gasteiger charge is 2.30. The van der Waals surface area contributed by atoms with Crippen molar-refractivity contribution in [3.63, 3.8) is 0 Å². The van der Waals surface area contributed by atoms with Crippen LogP contribution in [0.25, 0.3) is 11.1 Å². The second-order valence-electron chi connectivity index (χ2n) is 3.59. The summed E-state index contributed by atoms with van der Waals surface area (Å²) in [5.74, 6) is 0. The summed E-state index contributed by atoms with van der Waals surface area (Å²) in [7, 11) is 0. The van der Waals surface area contributed by atoms with Crippen LogP contribution in [0.4, 0.5) is 13.2 Å². The van der Waals surface area contributed by atoms with Gasteiger partial charge in [0.25, 0.3) is 0 Å². The highest BCUT2D eigenvalue weighted by molar-refractivity contribution is 6.39. The van der Waals surface area contributed by atoms with E-state index in [-0.39, 0.29) is 5.02 Å². The van der Waals surface area contributed by atoms with Crippen molar-refractivity contribution in [2.24, 2.45) is 0 Å². The predicted octanol–water partition coefficient (Wildman–Crippen LogP) is 5.48. The van der Waals surface area contributed by atoms with Crippen LogP contribution in [0.1, 0.15) is 5.56 Å². The highest BCUT2D eigenvalue weighted by Crippen LogP contribution is 2.36. The molecule has 5 heteroatoms. The first-order valence-electron chi connectivity index (χ1n) is 4.93. The maximum absolute atomic E-state index is 12.4. The standard InChI is InChI=1S/C13H6Cl2F3/c14-10-2-1-3-11(15)12(10)8-4-6-9(7-5-8)13(16,17)18/h1-2,4-7H. The molecule has 2 rings (SSSR count). The van der Waals surface area contributed by atoms with Gasteiger partial charge in [-0.1, -0.05) is 41.4 Å². The second-order valence-corrected chi connectivity index (χ2v) is 4.37. The van der Waals surface area contributed by atoms with Crippen molar-refractivity contribution in [1.82, 2.24) is 0 Å². The summed E-state index contributed by atoms with van der Waals surface area (Å²) in [6.45, 7) is 0. The number of benzene rings is 2. The molecule has 0 aliphatic rings. The van der Waals surface area contributed by atoms with Gasteiger partial charge in [0.2, 0.25) is 0 Å². The van der Waals surface area contributed by atoms with Crippen LogP contribution in [0.2, 0.25) is 10.0 Å². The summed E-state index contributed by atoms with van der Waals surface area (Å²) in [6, 6.07) is 10.5. The molecule has 0 amide bonds. The van der Waals surface area contributed by atoms with Crippen LogP contribution in [0.5, 0.6) is 0 Å². The van der Waals surface area contributed by atoms with E-state index in [2.05, 4.69) is 6.07 Å². The molecule has 0 saturated carbocycles. The Morgan fingerprint density at radius 3 is 2.06 bits per heavy atom. The normalized spacial score (nSPS) is 11.6. The van der Waals surface area contributed by atoms with Crippen molar-refractivity contribution in [3.05, 3.63) is 58.1 Å². The monoisotopic (exact) mass is 289 g/mol. The van der Waals surface area contributed by atoms with Crippen LogP contribution in [-0.4, -0.2) is 0 Å². The van der Waals surface area contributed by atoms with Crippen molar-refractivity contribution in [1.29, 1.82) is 0 Å². The first kappa shape index (κ1) is 13.2. The van der Waals surface area contributed by atoms with E-state index in [1.165, 1.54) is 12.1 Å². The molecular weight excluding hydrogens is 284 g/mol. The van der Waals surface area contributed by atoms with Gasteiger partial charge in [0, 0.05) is 16.7 Å². The van der Waals surface area contributed by atoms with E-state index in [4.69, 9.17) is 23.2 Å². The fraction of sp³-hybridized carbons (Fsp3) is 0.0769. The van der Waals surface area contributed by atoms with Crippen LogP contribution in [0.15, 0.2) is 36.4 Å². The molecule has 18 heavy (non-hydrogen) atoms. The molecule has 93 valence electrons. The summed E-state index contributed by atoms with van der Waals surface area (Å²) >= 11 is 11.9. The number of rotatable bonds is 1. The molecule has 2 aromatic rings. The van der Waals surface area contributed by atoms with E-state index in [0.29, 0.717) is 16.1 Å². The zero-order chi connectivity index (χ0) is 13.3. The molecule has 0 saturated heterocycles. The average Bonchev–Trinajstić information content (AvgIpc) is 2.28. The minimum Gasteiger partial charge on any atom is -0.166 e. The molecular formula is C13H6Cl2F3. The fourth-order valence-electron chi connectivity index (χ4n) is 1.54. The molecule has 0 heterocycles. The molecule has 1 radical (unpaired) electrons. The highest BCUT2D eigenvalue weighted by atomic mass is 35.5. The van der Waals surface area contributed by atoms with Gasteiger partial charge in [-0.25, -0.2) is 0 Å². The summed E-state index contributed by atoms with van der Waals surface area (Å²) in [6.07, 6.45) is -4.35. The van der Waals surface area contributed by atoms with Gasteiger partial charge in [0.1, 0.15) is 0 Å². The van der Waals surface area contributed by atoms with Gasteiger partial charge in [-0.05, 0) is 23.8 Å². The molecule has 0 atom stereocenters.